The zero-order valence-corrected chi connectivity index (χ0v) is 28.6. The Morgan fingerprint density at radius 2 is 1.20 bits per heavy atom. The number of thiophene rings is 1. The minimum Gasteiger partial charge on any atom is -0.317 e. The summed E-state index contributed by atoms with van der Waals surface area (Å²) in [7, 11) is 0. The Morgan fingerprint density at radius 3 is 2.04 bits per heavy atom. The molecule has 2 nitrogen and oxygen atoms in total. The standard InChI is InChI=1S/C48H32N2S/c1-32-30-36(28-29-49(37-14-6-3-7-15-37)44-18-10-8-16-39(32)44)35-22-27-45-43(31-35)41-25-26-42-40-17-9-11-19-46(40)51-48(42)47(41)50(45)38-23-20-34(21-24-38)33-12-4-2-5-13-33/h2-31H,1H2/b29-28-,36-30+. The van der Waals surface area contributed by atoms with Gasteiger partial charge in [-0.1, -0.05) is 122 Å². The third-order valence-corrected chi connectivity index (χ3v) is 11.3. The van der Waals surface area contributed by atoms with Crippen molar-refractivity contribution in [3.05, 3.63) is 200 Å². The number of nitrogens with zero attached hydrogens (tertiary/aromatic N) is 2. The summed E-state index contributed by atoms with van der Waals surface area (Å²) in [4.78, 5) is 2.26. The van der Waals surface area contributed by atoms with Crippen LogP contribution in [0.15, 0.2) is 189 Å². The van der Waals surface area contributed by atoms with Gasteiger partial charge in [-0.25, -0.2) is 0 Å². The molecule has 0 N–H and O–H groups in total. The lowest BCUT2D eigenvalue weighted by Gasteiger charge is -2.26. The van der Waals surface area contributed by atoms with Gasteiger partial charge < -0.3 is 9.47 Å². The number of fused-ring (bicyclic) bond motifs is 8. The molecule has 7 aromatic carbocycles. The molecular weight excluding hydrogens is 637 g/mol. The Morgan fingerprint density at radius 1 is 0.510 bits per heavy atom. The number of aromatic nitrogens is 1. The first kappa shape index (κ1) is 29.5. The summed E-state index contributed by atoms with van der Waals surface area (Å²) in [5, 5.41) is 5.10. The van der Waals surface area contributed by atoms with Gasteiger partial charge >= 0.3 is 0 Å². The van der Waals surface area contributed by atoms with Gasteiger partial charge in [0.15, 0.2) is 0 Å². The molecule has 1 aliphatic rings. The van der Waals surface area contributed by atoms with E-state index in [4.69, 9.17) is 0 Å². The van der Waals surface area contributed by atoms with Crippen molar-refractivity contribution in [2.24, 2.45) is 0 Å². The van der Waals surface area contributed by atoms with Crippen LogP contribution < -0.4 is 4.90 Å². The van der Waals surface area contributed by atoms with Crippen LogP contribution >= 0.6 is 11.3 Å². The molecule has 0 spiro atoms. The van der Waals surface area contributed by atoms with E-state index in [9.17, 15) is 0 Å². The van der Waals surface area contributed by atoms with E-state index < -0.39 is 0 Å². The summed E-state index contributed by atoms with van der Waals surface area (Å²) in [6, 6.07) is 59.0. The number of allylic oxidation sites excluding steroid dienone is 4. The SMILES string of the molecule is C=C1/C=C(c2ccc3c(c2)c2ccc4c5ccccc5sc4c2n3-c2ccc(-c3ccccc3)cc2)\C=C/N(c2ccccc2)c2ccccc21. The molecule has 2 aromatic heterocycles. The fourth-order valence-electron chi connectivity index (χ4n) is 7.66. The fraction of sp³-hybridized carbons (Fsp3) is 0. The lowest BCUT2D eigenvalue weighted by molar-refractivity contribution is 1.19. The van der Waals surface area contributed by atoms with Crippen LogP contribution in [0.5, 0.6) is 0 Å². The highest BCUT2D eigenvalue weighted by Gasteiger charge is 2.20. The predicted molar refractivity (Wildman–Crippen MR) is 220 cm³/mol. The summed E-state index contributed by atoms with van der Waals surface area (Å²) >= 11 is 1.88. The van der Waals surface area contributed by atoms with Gasteiger partial charge in [-0.3, -0.25) is 0 Å². The molecule has 0 fully saturated rings. The molecule has 0 bridgehead atoms. The van der Waals surface area contributed by atoms with Crippen molar-refractivity contribution in [2.45, 2.75) is 0 Å². The minimum absolute atomic E-state index is 0.985. The van der Waals surface area contributed by atoms with E-state index in [0.29, 0.717) is 0 Å². The lowest BCUT2D eigenvalue weighted by atomic mass is 9.95. The summed E-state index contributed by atoms with van der Waals surface area (Å²) in [6.07, 6.45) is 6.64. The zero-order valence-electron chi connectivity index (χ0n) is 27.8. The van der Waals surface area contributed by atoms with Crippen molar-refractivity contribution >= 4 is 75.8 Å². The number of hydrogen-bond acceptors (Lipinski definition) is 2. The van der Waals surface area contributed by atoms with E-state index in [1.54, 1.807) is 0 Å². The molecule has 0 atom stereocenters. The molecule has 0 saturated carbocycles. The highest BCUT2D eigenvalue weighted by molar-refractivity contribution is 7.26. The van der Waals surface area contributed by atoms with Crippen molar-refractivity contribution < 1.29 is 0 Å². The second-order valence-electron chi connectivity index (χ2n) is 13.1. The van der Waals surface area contributed by atoms with Crippen LogP contribution in [0.1, 0.15) is 11.1 Å². The third kappa shape index (κ3) is 4.85. The molecule has 0 amide bonds. The largest absolute Gasteiger partial charge is 0.317 e. The summed E-state index contributed by atoms with van der Waals surface area (Å²) < 4.78 is 5.09. The molecule has 0 unspecified atom stereocenters. The van der Waals surface area contributed by atoms with Crippen molar-refractivity contribution in [3.63, 3.8) is 0 Å². The maximum atomic E-state index is 4.56. The van der Waals surface area contributed by atoms with E-state index in [1.807, 2.05) is 11.3 Å². The van der Waals surface area contributed by atoms with Crippen molar-refractivity contribution in [3.8, 4) is 16.8 Å². The monoisotopic (exact) mass is 668 g/mol. The Bertz CT molecular complexity index is 2850. The smallest absolute Gasteiger partial charge is 0.0719 e. The van der Waals surface area contributed by atoms with Crippen LogP contribution in [0.4, 0.5) is 11.4 Å². The number of anilines is 2. The molecule has 0 aliphatic carbocycles. The quantitative estimate of drug-likeness (QED) is 0.181. The van der Waals surface area contributed by atoms with E-state index in [2.05, 4.69) is 198 Å². The molecule has 3 heteroatoms. The van der Waals surface area contributed by atoms with Gasteiger partial charge in [0.25, 0.3) is 0 Å². The Kier molecular flexibility index (Phi) is 6.87. The van der Waals surface area contributed by atoms with Gasteiger partial charge in [0.1, 0.15) is 0 Å². The van der Waals surface area contributed by atoms with Crippen LogP contribution in [0, 0.1) is 0 Å². The van der Waals surface area contributed by atoms with Crippen molar-refractivity contribution in [1.82, 2.24) is 4.57 Å². The topological polar surface area (TPSA) is 8.17 Å². The highest BCUT2D eigenvalue weighted by atomic mass is 32.1. The molecule has 51 heavy (non-hydrogen) atoms. The molecular formula is C48H32N2S. The molecule has 0 radical (unpaired) electrons. The first-order valence-corrected chi connectivity index (χ1v) is 18.1. The van der Waals surface area contributed by atoms with Crippen molar-refractivity contribution in [2.75, 3.05) is 4.90 Å². The summed E-state index contributed by atoms with van der Waals surface area (Å²) in [5.41, 5.74) is 12.6. The molecule has 9 aromatic rings. The third-order valence-electron chi connectivity index (χ3n) is 10.1. The van der Waals surface area contributed by atoms with Gasteiger partial charge in [-0.2, -0.15) is 0 Å². The fourth-order valence-corrected chi connectivity index (χ4v) is 8.90. The normalized spacial score (nSPS) is 14.8. The minimum atomic E-state index is 0.985. The Hall–Kier alpha value is -6.42. The summed E-state index contributed by atoms with van der Waals surface area (Å²) in [5.74, 6) is 0. The number of hydrogen-bond donors (Lipinski definition) is 0. The van der Waals surface area contributed by atoms with Gasteiger partial charge in [0, 0.05) is 49.4 Å². The zero-order chi connectivity index (χ0) is 33.9. The van der Waals surface area contributed by atoms with Gasteiger partial charge in [-0.15, -0.1) is 11.3 Å². The van der Waals surface area contributed by atoms with Crippen LogP contribution in [0.2, 0.25) is 0 Å². The van der Waals surface area contributed by atoms with E-state index in [0.717, 1.165) is 39.3 Å². The second-order valence-corrected chi connectivity index (χ2v) is 14.1. The molecule has 240 valence electrons. The first-order chi connectivity index (χ1) is 25.2. The van der Waals surface area contributed by atoms with Crippen molar-refractivity contribution in [1.29, 1.82) is 0 Å². The van der Waals surface area contributed by atoms with Gasteiger partial charge in [0.05, 0.1) is 21.4 Å². The highest BCUT2D eigenvalue weighted by Crippen LogP contribution is 2.44. The van der Waals surface area contributed by atoms with Crippen LogP contribution in [-0.4, -0.2) is 4.57 Å². The Labute approximate surface area is 300 Å². The molecule has 1 aliphatic heterocycles. The number of para-hydroxylation sites is 2. The van der Waals surface area contributed by atoms with E-state index >= 15 is 0 Å². The first-order valence-electron chi connectivity index (χ1n) is 17.3. The average molecular weight is 669 g/mol. The number of rotatable bonds is 4. The lowest BCUT2D eigenvalue weighted by Crippen LogP contribution is -2.11. The van der Waals surface area contributed by atoms with Crippen LogP contribution in [0.3, 0.4) is 0 Å². The average Bonchev–Trinajstić information content (AvgIpc) is 3.73. The van der Waals surface area contributed by atoms with Gasteiger partial charge in [0.2, 0.25) is 0 Å². The van der Waals surface area contributed by atoms with E-state index in [1.165, 1.54) is 53.1 Å². The maximum absolute atomic E-state index is 4.56. The van der Waals surface area contributed by atoms with Gasteiger partial charge in [-0.05, 0) is 88.5 Å². The molecule has 3 heterocycles. The predicted octanol–water partition coefficient (Wildman–Crippen LogP) is 13.6. The van der Waals surface area contributed by atoms with Crippen LogP contribution in [-0.2, 0) is 0 Å². The second kappa shape index (κ2) is 11.9. The number of benzene rings is 7. The molecule has 10 rings (SSSR count). The Balaban J connectivity index is 1.19. The van der Waals surface area contributed by atoms with E-state index in [-0.39, 0.29) is 0 Å². The summed E-state index contributed by atoms with van der Waals surface area (Å²) in [6.45, 7) is 4.56. The van der Waals surface area contributed by atoms with Crippen LogP contribution in [0.25, 0.3) is 69.9 Å². The molecule has 0 saturated heterocycles. The maximum Gasteiger partial charge on any atom is 0.0719 e.